The largest absolute Gasteiger partial charge is 0.352 e. The highest BCUT2D eigenvalue weighted by Gasteiger charge is 2.16. The minimum atomic E-state index is -0.209. The molecule has 1 aliphatic heterocycles. The number of hydrogen-bond acceptors (Lipinski definition) is 3. The van der Waals surface area contributed by atoms with Gasteiger partial charge in [-0.1, -0.05) is 32.0 Å². The average molecular weight is 337 g/mol. The van der Waals surface area contributed by atoms with Gasteiger partial charge in [0, 0.05) is 25.2 Å². The number of benzene rings is 2. The lowest BCUT2D eigenvalue weighted by molar-refractivity contribution is 0.0950. The predicted molar refractivity (Wildman–Crippen MR) is 98.6 cm³/mol. The van der Waals surface area contributed by atoms with Crippen LogP contribution in [0.15, 0.2) is 42.5 Å². The monoisotopic (exact) mass is 337 g/mol. The van der Waals surface area contributed by atoms with E-state index in [9.17, 15) is 9.59 Å². The van der Waals surface area contributed by atoms with Crippen LogP contribution in [-0.4, -0.2) is 18.4 Å². The highest BCUT2D eigenvalue weighted by molar-refractivity contribution is 6.09. The second-order valence-electron chi connectivity index (χ2n) is 6.69. The molecule has 0 aromatic heterocycles. The van der Waals surface area contributed by atoms with E-state index in [0.29, 0.717) is 29.3 Å². The SMILES string of the molecule is CC(C)CNC(=O)c1ccccc1NC(=O)c1ccc2c(c1)CNC2. The Balaban J connectivity index is 1.76. The number of rotatable bonds is 5. The molecule has 0 saturated carbocycles. The summed E-state index contributed by atoms with van der Waals surface area (Å²) in [5, 5.41) is 9.02. The Morgan fingerprint density at radius 1 is 1.04 bits per heavy atom. The van der Waals surface area contributed by atoms with Gasteiger partial charge in [-0.25, -0.2) is 0 Å². The quantitative estimate of drug-likeness (QED) is 0.786. The van der Waals surface area contributed by atoms with E-state index in [1.54, 1.807) is 24.3 Å². The van der Waals surface area contributed by atoms with Crippen molar-refractivity contribution in [2.75, 3.05) is 11.9 Å². The van der Waals surface area contributed by atoms with Crippen molar-refractivity contribution in [1.82, 2.24) is 10.6 Å². The van der Waals surface area contributed by atoms with Gasteiger partial charge in [-0.3, -0.25) is 9.59 Å². The lowest BCUT2D eigenvalue weighted by Gasteiger charge is -2.13. The smallest absolute Gasteiger partial charge is 0.255 e. The van der Waals surface area contributed by atoms with Crippen molar-refractivity contribution in [3.8, 4) is 0 Å². The molecule has 0 saturated heterocycles. The molecule has 0 fully saturated rings. The number of fused-ring (bicyclic) bond motifs is 1. The van der Waals surface area contributed by atoms with Crippen molar-refractivity contribution in [3.63, 3.8) is 0 Å². The predicted octanol–water partition coefficient (Wildman–Crippen LogP) is 2.93. The number of nitrogens with one attached hydrogen (secondary N) is 3. The van der Waals surface area contributed by atoms with Crippen molar-refractivity contribution in [2.24, 2.45) is 5.92 Å². The molecule has 1 aliphatic rings. The lowest BCUT2D eigenvalue weighted by atomic mass is 10.1. The molecule has 2 aromatic rings. The van der Waals surface area contributed by atoms with Crippen LogP contribution < -0.4 is 16.0 Å². The van der Waals surface area contributed by atoms with Crippen LogP contribution in [0.3, 0.4) is 0 Å². The van der Waals surface area contributed by atoms with E-state index in [4.69, 9.17) is 0 Å². The van der Waals surface area contributed by atoms with Crippen LogP contribution in [0.2, 0.25) is 0 Å². The first-order valence-corrected chi connectivity index (χ1v) is 8.55. The normalized spacial score (nSPS) is 12.8. The zero-order chi connectivity index (χ0) is 17.8. The van der Waals surface area contributed by atoms with E-state index >= 15 is 0 Å². The summed E-state index contributed by atoms with van der Waals surface area (Å²) in [7, 11) is 0. The zero-order valence-corrected chi connectivity index (χ0v) is 14.6. The molecular formula is C20H23N3O2. The van der Waals surface area contributed by atoms with Crippen LogP contribution in [0.5, 0.6) is 0 Å². The van der Waals surface area contributed by atoms with Crippen LogP contribution in [0, 0.1) is 5.92 Å². The third kappa shape index (κ3) is 4.06. The van der Waals surface area contributed by atoms with Gasteiger partial charge in [0.1, 0.15) is 0 Å². The van der Waals surface area contributed by atoms with Gasteiger partial charge in [-0.05, 0) is 41.3 Å². The Hall–Kier alpha value is -2.66. The summed E-state index contributed by atoms with van der Waals surface area (Å²) in [6, 6.07) is 12.8. The van der Waals surface area contributed by atoms with E-state index in [1.165, 1.54) is 5.56 Å². The summed E-state index contributed by atoms with van der Waals surface area (Å²) in [6.45, 7) is 6.30. The lowest BCUT2D eigenvalue weighted by Crippen LogP contribution is -2.28. The molecule has 0 radical (unpaired) electrons. The standard InChI is InChI=1S/C20H23N3O2/c1-13(2)10-22-20(25)17-5-3-4-6-18(17)23-19(24)14-7-8-15-11-21-12-16(15)9-14/h3-9,13,21H,10-12H2,1-2H3,(H,22,25)(H,23,24). The van der Waals surface area contributed by atoms with Gasteiger partial charge >= 0.3 is 0 Å². The zero-order valence-electron chi connectivity index (χ0n) is 14.6. The molecule has 5 nitrogen and oxygen atoms in total. The second-order valence-corrected chi connectivity index (χ2v) is 6.69. The van der Waals surface area contributed by atoms with Gasteiger partial charge in [0.05, 0.1) is 11.3 Å². The summed E-state index contributed by atoms with van der Waals surface area (Å²) in [6.07, 6.45) is 0. The maximum Gasteiger partial charge on any atom is 0.255 e. The fraction of sp³-hybridized carbons (Fsp3) is 0.300. The van der Waals surface area contributed by atoms with E-state index in [-0.39, 0.29) is 11.8 Å². The Morgan fingerprint density at radius 3 is 2.60 bits per heavy atom. The molecule has 2 amide bonds. The molecule has 3 rings (SSSR count). The molecule has 0 aliphatic carbocycles. The first kappa shape index (κ1) is 17.2. The third-order valence-corrected chi connectivity index (χ3v) is 4.19. The number of para-hydroxylation sites is 1. The minimum absolute atomic E-state index is 0.178. The Bertz CT molecular complexity index is 799. The summed E-state index contributed by atoms with van der Waals surface area (Å²) < 4.78 is 0. The molecule has 130 valence electrons. The Labute approximate surface area is 147 Å². The molecule has 1 heterocycles. The van der Waals surface area contributed by atoms with Crippen molar-refractivity contribution in [2.45, 2.75) is 26.9 Å². The number of carbonyl (C=O) groups excluding carboxylic acids is 2. The van der Waals surface area contributed by atoms with Crippen molar-refractivity contribution >= 4 is 17.5 Å². The first-order chi connectivity index (χ1) is 12.0. The second kappa shape index (κ2) is 7.49. The topological polar surface area (TPSA) is 70.2 Å². The van der Waals surface area contributed by atoms with Gasteiger partial charge < -0.3 is 16.0 Å². The van der Waals surface area contributed by atoms with E-state index in [2.05, 4.69) is 16.0 Å². The van der Waals surface area contributed by atoms with Gasteiger partial charge in [0.2, 0.25) is 0 Å². The van der Waals surface area contributed by atoms with Crippen molar-refractivity contribution in [3.05, 3.63) is 64.7 Å². The van der Waals surface area contributed by atoms with Crippen LogP contribution >= 0.6 is 0 Å². The average Bonchev–Trinajstić information content (AvgIpc) is 3.07. The highest BCUT2D eigenvalue weighted by Crippen LogP contribution is 2.20. The molecule has 5 heteroatoms. The molecule has 25 heavy (non-hydrogen) atoms. The maximum absolute atomic E-state index is 12.6. The van der Waals surface area contributed by atoms with Crippen LogP contribution in [0.1, 0.15) is 45.7 Å². The molecule has 0 atom stereocenters. The summed E-state index contributed by atoms with van der Waals surface area (Å²) >= 11 is 0. The van der Waals surface area contributed by atoms with E-state index < -0.39 is 0 Å². The fourth-order valence-corrected chi connectivity index (χ4v) is 2.81. The summed E-state index contributed by atoms with van der Waals surface area (Å²) in [5.74, 6) is -0.0210. The maximum atomic E-state index is 12.6. The number of amides is 2. The third-order valence-electron chi connectivity index (χ3n) is 4.19. The molecule has 0 unspecified atom stereocenters. The minimum Gasteiger partial charge on any atom is -0.352 e. The Morgan fingerprint density at radius 2 is 1.80 bits per heavy atom. The summed E-state index contributed by atoms with van der Waals surface area (Å²) in [4.78, 5) is 25.0. The van der Waals surface area contributed by atoms with Gasteiger partial charge in [0.15, 0.2) is 0 Å². The van der Waals surface area contributed by atoms with Crippen molar-refractivity contribution in [1.29, 1.82) is 0 Å². The number of carbonyl (C=O) groups is 2. The van der Waals surface area contributed by atoms with Gasteiger partial charge in [0.25, 0.3) is 11.8 Å². The molecule has 0 spiro atoms. The molecule has 0 bridgehead atoms. The number of hydrogen-bond donors (Lipinski definition) is 3. The Kier molecular flexibility index (Phi) is 5.14. The van der Waals surface area contributed by atoms with Crippen LogP contribution in [-0.2, 0) is 13.1 Å². The molecular weight excluding hydrogens is 314 g/mol. The number of anilines is 1. The van der Waals surface area contributed by atoms with Crippen LogP contribution in [0.4, 0.5) is 5.69 Å². The van der Waals surface area contributed by atoms with Gasteiger partial charge in [-0.15, -0.1) is 0 Å². The molecule has 3 N–H and O–H groups in total. The molecule has 2 aromatic carbocycles. The fourth-order valence-electron chi connectivity index (χ4n) is 2.81. The first-order valence-electron chi connectivity index (χ1n) is 8.55. The van der Waals surface area contributed by atoms with E-state index in [1.807, 2.05) is 32.0 Å². The van der Waals surface area contributed by atoms with E-state index in [0.717, 1.165) is 18.7 Å². The summed E-state index contributed by atoms with van der Waals surface area (Å²) in [5.41, 5.74) is 3.96. The highest BCUT2D eigenvalue weighted by atomic mass is 16.2. The van der Waals surface area contributed by atoms with Gasteiger partial charge in [-0.2, -0.15) is 0 Å². The van der Waals surface area contributed by atoms with Crippen molar-refractivity contribution < 1.29 is 9.59 Å². The van der Waals surface area contributed by atoms with Crippen LogP contribution in [0.25, 0.3) is 0 Å².